The van der Waals surface area contributed by atoms with E-state index >= 15 is 0 Å². The van der Waals surface area contributed by atoms with Gasteiger partial charge in [-0.2, -0.15) is 0 Å². The van der Waals surface area contributed by atoms with Gasteiger partial charge < -0.3 is 13.7 Å². The van der Waals surface area contributed by atoms with Crippen LogP contribution in [-0.4, -0.2) is 20.5 Å². The summed E-state index contributed by atoms with van der Waals surface area (Å²) in [4.78, 5) is 34.2. The number of rotatable bonds is 3. The third-order valence-corrected chi connectivity index (χ3v) is 5.18. The Bertz CT molecular complexity index is 1510. The molecule has 0 spiro atoms. The van der Waals surface area contributed by atoms with E-state index in [0.29, 0.717) is 11.5 Å². The quantitative estimate of drug-likeness (QED) is 0.338. The fraction of sp³-hybridized carbons (Fsp3) is 0.130. The molecule has 7 heteroatoms. The number of hydrogen-bond acceptors (Lipinski definition) is 6. The van der Waals surface area contributed by atoms with Crippen molar-refractivity contribution in [2.45, 2.75) is 13.5 Å². The van der Waals surface area contributed by atoms with Crippen LogP contribution in [0.25, 0.3) is 32.8 Å². The molecule has 0 fully saturated rings. The highest BCUT2D eigenvalue weighted by molar-refractivity contribution is 6.07. The number of nitrogens with zero attached hydrogens (tertiary/aromatic N) is 3. The molecule has 0 aliphatic rings. The molecule has 5 aromatic rings. The number of esters is 1. The third-order valence-electron chi connectivity index (χ3n) is 5.18. The number of carbonyl (C=O) groups excluding carboxylic acids is 1. The van der Waals surface area contributed by atoms with Crippen LogP contribution in [0.15, 0.2) is 64.1 Å². The van der Waals surface area contributed by atoms with Crippen LogP contribution in [0.5, 0.6) is 0 Å². The van der Waals surface area contributed by atoms with Gasteiger partial charge in [-0.1, -0.05) is 42.5 Å². The highest BCUT2D eigenvalue weighted by atomic mass is 16.5. The largest absolute Gasteiger partial charge is 0.455 e. The topological polar surface area (TPSA) is 87.2 Å². The van der Waals surface area contributed by atoms with Crippen molar-refractivity contribution < 1.29 is 13.9 Å². The van der Waals surface area contributed by atoms with Crippen LogP contribution in [0.1, 0.15) is 21.8 Å². The Kier molecular flexibility index (Phi) is 4.10. The van der Waals surface area contributed by atoms with Gasteiger partial charge in [0.1, 0.15) is 29.6 Å². The normalized spacial score (nSPS) is 11.4. The maximum atomic E-state index is 12.9. The third kappa shape index (κ3) is 2.75. The van der Waals surface area contributed by atoms with Crippen molar-refractivity contribution in [3.05, 3.63) is 82.2 Å². The van der Waals surface area contributed by atoms with Crippen LogP contribution in [0.4, 0.5) is 0 Å². The zero-order valence-electron chi connectivity index (χ0n) is 16.4. The first-order valence-corrected chi connectivity index (χ1v) is 9.43. The van der Waals surface area contributed by atoms with Crippen molar-refractivity contribution in [1.29, 1.82) is 0 Å². The number of benzene rings is 2. The van der Waals surface area contributed by atoms with Crippen molar-refractivity contribution in [3.8, 4) is 0 Å². The molecule has 2 aromatic carbocycles. The number of pyridine rings is 1. The smallest absolute Gasteiger partial charge is 0.343 e. The lowest BCUT2D eigenvalue weighted by Crippen LogP contribution is -2.19. The molecular formula is C23H17N3O4. The summed E-state index contributed by atoms with van der Waals surface area (Å²) in [7, 11) is 1.57. The van der Waals surface area contributed by atoms with Gasteiger partial charge in [-0.25, -0.2) is 14.8 Å². The van der Waals surface area contributed by atoms with E-state index in [-0.39, 0.29) is 28.8 Å². The Morgan fingerprint density at radius 2 is 1.77 bits per heavy atom. The second kappa shape index (κ2) is 6.81. The Hall–Kier alpha value is -4.00. The van der Waals surface area contributed by atoms with Crippen LogP contribution in [0, 0.1) is 6.92 Å². The predicted molar refractivity (Wildman–Crippen MR) is 112 cm³/mol. The monoisotopic (exact) mass is 399 g/mol. The standard InChI is InChI=1S/C23H17N3O4/c1-13-19(20-21(30-13)24-12-26(2)22(20)27)23(28)29-11-18-16-9-4-3-7-14(16)15-8-5-6-10-17(15)25-18/h3-10,12H,11H2,1-2H3. The van der Waals surface area contributed by atoms with Crippen molar-refractivity contribution in [1.82, 2.24) is 14.5 Å². The maximum Gasteiger partial charge on any atom is 0.343 e. The number of fused-ring (bicyclic) bond motifs is 4. The van der Waals surface area contributed by atoms with Gasteiger partial charge in [-0.05, 0) is 18.4 Å². The van der Waals surface area contributed by atoms with E-state index in [1.54, 1.807) is 14.0 Å². The summed E-state index contributed by atoms with van der Waals surface area (Å²) in [6, 6.07) is 15.7. The SMILES string of the molecule is Cc1oc2ncn(C)c(=O)c2c1C(=O)OCc1nc2ccccc2c2ccccc12. The predicted octanol–water partition coefficient (Wildman–Crippen LogP) is 3.89. The zero-order valence-corrected chi connectivity index (χ0v) is 16.4. The molecule has 3 heterocycles. The second-order valence-corrected chi connectivity index (χ2v) is 7.07. The number of carbonyl (C=O) groups is 1. The fourth-order valence-corrected chi connectivity index (χ4v) is 3.72. The second-order valence-electron chi connectivity index (χ2n) is 7.07. The Morgan fingerprint density at radius 1 is 1.07 bits per heavy atom. The number of aryl methyl sites for hydroxylation is 2. The van der Waals surface area contributed by atoms with E-state index < -0.39 is 5.97 Å². The zero-order chi connectivity index (χ0) is 20.8. The molecule has 0 amide bonds. The Morgan fingerprint density at radius 3 is 2.57 bits per heavy atom. The number of hydrogen-bond donors (Lipinski definition) is 0. The van der Waals surface area contributed by atoms with Crippen LogP contribution in [0.2, 0.25) is 0 Å². The first-order valence-electron chi connectivity index (χ1n) is 9.43. The van der Waals surface area contributed by atoms with Gasteiger partial charge >= 0.3 is 5.97 Å². The van der Waals surface area contributed by atoms with Crippen LogP contribution >= 0.6 is 0 Å². The van der Waals surface area contributed by atoms with Gasteiger partial charge in [0, 0.05) is 17.8 Å². The first kappa shape index (κ1) is 18.1. The average Bonchev–Trinajstić information content (AvgIpc) is 3.11. The van der Waals surface area contributed by atoms with Crippen molar-refractivity contribution >= 4 is 38.7 Å². The highest BCUT2D eigenvalue weighted by Crippen LogP contribution is 2.27. The van der Waals surface area contributed by atoms with E-state index in [9.17, 15) is 9.59 Å². The molecule has 0 saturated carbocycles. The number of ether oxygens (including phenoxy) is 1. The summed E-state index contributed by atoms with van der Waals surface area (Å²) in [6.45, 7) is 1.58. The Balaban J connectivity index is 1.56. The average molecular weight is 399 g/mol. The molecule has 0 aliphatic heterocycles. The van der Waals surface area contributed by atoms with Crippen molar-refractivity contribution in [2.24, 2.45) is 7.05 Å². The summed E-state index contributed by atoms with van der Waals surface area (Å²) >= 11 is 0. The van der Waals surface area contributed by atoms with E-state index in [1.165, 1.54) is 10.9 Å². The summed E-state index contributed by atoms with van der Waals surface area (Å²) in [5, 5.41) is 3.11. The number of aromatic nitrogens is 3. The summed E-state index contributed by atoms with van der Waals surface area (Å²) in [6.07, 6.45) is 1.36. The molecule has 30 heavy (non-hydrogen) atoms. The van der Waals surface area contributed by atoms with Gasteiger partial charge in [-0.3, -0.25) is 4.79 Å². The molecule has 3 aromatic heterocycles. The molecule has 0 unspecified atom stereocenters. The van der Waals surface area contributed by atoms with E-state index in [1.807, 2.05) is 48.5 Å². The van der Waals surface area contributed by atoms with Gasteiger partial charge in [0.05, 0.1) is 11.2 Å². The maximum absolute atomic E-state index is 12.9. The minimum atomic E-state index is -0.643. The number of para-hydroxylation sites is 1. The lowest BCUT2D eigenvalue weighted by Gasteiger charge is -2.10. The van der Waals surface area contributed by atoms with Crippen molar-refractivity contribution in [3.63, 3.8) is 0 Å². The molecule has 0 bridgehead atoms. The summed E-state index contributed by atoms with van der Waals surface area (Å²) in [5.41, 5.74) is 1.33. The van der Waals surface area contributed by atoms with Gasteiger partial charge in [0.2, 0.25) is 5.71 Å². The van der Waals surface area contributed by atoms with Crippen LogP contribution in [0.3, 0.4) is 0 Å². The molecule has 5 rings (SSSR count). The number of furan rings is 1. The van der Waals surface area contributed by atoms with Crippen molar-refractivity contribution in [2.75, 3.05) is 0 Å². The molecule has 0 radical (unpaired) electrons. The van der Waals surface area contributed by atoms with E-state index in [0.717, 1.165) is 21.7 Å². The van der Waals surface area contributed by atoms with Crippen LogP contribution in [-0.2, 0) is 18.4 Å². The summed E-state index contributed by atoms with van der Waals surface area (Å²) < 4.78 is 12.4. The molecular weight excluding hydrogens is 382 g/mol. The minimum Gasteiger partial charge on any atom is -0.455 e. The van der Waals surface area contributed by atoms with Gasteiger partial charge in [0.25, 0.3) is 5.56 Å². The molecule has 0 saturated heterocycles. The van der Waals surface area contributed by atoms with E-state index in [2.05, 4.69) is 4.98 Å². The molecule has 7 nitrogen and oxygen atoms in total. The first-order chi connectivity index (χ1) is 14.5. The molecule has 148 valence electrons. The Labute approximate surface area is 170 Å². The van der Waals surface area contributed by atoms with Crippen LogP contribution < -0.4 is 5.56 Å². The minimum absolute atomic E-state index is 0.0309. The lowest BCUT2D eigenvalue weighted by atomic mass is 10.0. The molecule has 0 atom stereocenters. The summed E-state index contributed by atoms with van der Waals surface area (Å²) in [5.74, 6) is -0.350. The highest BCUT2D eigenvalue weighted by Gasteiger charge is 2.24. The fourth-order valence-electron chi connectivity index (χ4n) is 3.72. The molecule has 0 aliphatic carbocycles. The lowest BCUT2D eigenvalue weighted by molar-refractivity contribution is 0.0470. The van der Waals surface area contributed by atoms with Gasteiger partial charge in [0.15, 0.2) is 0 Å². The van der Waals surface area contributed by atoms with Gasteiger partial charge in [-0.15, -0.1) is 0 Å². The molecule has 0 N–H and O–H groups in total. The van der Waals surface area contributed by atoms with E-state index in [4.69, 9.17) is 14.1 Å².